The lowest BCUT2D eigenvalue weighted by Crippen LogP contribution is -2.51. The Hall–Kier alpha value is -1.24. The molecule has 1 rings (SSSR count). The summed E-state index contributed by atoms with van der Waals surface area (Å²) in [6.07, 6.45) is 2.38. The number of carbonyl (C=O) groups excluding carboxylic acids is 2. The molecule has 1 aliphatic rings. The molecule has 0 bridgehead atoms. The van der Waals surface area contributed by atoms with Gasteiger partial charge in [0, 0.05) is 12.2 Å². The Morgan fingerprint density at radius 3 is 2.65 bits per heavy atom. The van der Waals surface area contributed by atoms with Crippen molar-refractivity contribution in [1.82, 2.24) is 10.2 Å². The molecule has 20 heavy (non-hydrogen) atoms. The predicted octanol–water partition coefficient (Wildman–Crippen LogP) is 1.06. The maximum atomic E-state index is 12.2. The first-order valence-corrected chi connectivity index (χ1v) is 8.07. The average Bonchev–Trinajstić information content (AvgIpc) is 2.91. The summed E-state index contributed by atoms with van der Waals surface area (Å²) in [4.78, 5) is 36.6. The van der Waals surface area contributed by atoms with Crippen LogP contribution in [0.15, 0.2) is 0 Å². The number of amides is 2. The normalized spacial score (nSPS) is 19.7. The molecule has 0 aromatic carbocycles. The third-order valence-corrected chi connectivity index (χ3v) is 4.28. The summed E-state index contributed by atoms with van der Waals surface area (Å²) in [6.45, 7) is 3.72. The largest absolute Gasteiger partial charge is 0.480 e. The Balaban J connectivity index is 2.63. The maximum absolute atomic E-state index is 12.2. The number of nitrogens with zero attached hydrogens (tertiary/aromatic N) is 1. The van der Waals surface area contributed by atoms with Crippen LogP contribution in [0.1, 0.15) is 39.5 Å². The fourth-order valence-electron chi connectivity index (χ4n) is 2.04. The second kappa shape index (κ2) is 8.14. The van der Waals surface area contributed by atoms with Gasteiger partial charge in [0.15, 0.2) is 0 Å². The molecule has 0 aromatic heterocycles. The van der Waals surface area contributed by atoms with E-state index in [4.69, 9.17) is 5.11 Å². The zero-order valence-corrected chi connectivity index (χ0v) is 12.7. The van der Waals surface area contributed by atoms with Gasteiger partial charge in [0.05, 0.1) is 5.88 Å². The van der Waals surface area contributed by atoms with Gasteiger partial charge in [-0.25, -0.2) is 4.79 Å². The number of hydrogen-bond acceptors (Lipinski definition) is 4. The Labute approximate surface area is 123 Å². The highest BCUT2D eigenvalue weighted by Crippen LogP contribution is 2.22. The van der Waals surface area contributed by atoms with Crippen molar-refractivity contribution in [2.24, 2.45) is 0 Å². The molecule has 1 fully saturated rings. The highest BCUT2D eigenvalue weighted by molar-refractivity contribution is 7.99. The van der Waals surface area contributed by atoms with Gasteiger partial charge in [-0.15, -0.1) is 11.8 Å². The third kappa shape index (κ3) is 4.40. The number of carboxylic acids is 1. The van der Waals surface area contributed by atoms with Crippen molar-refractivity contribution in [2.45, 2.75) is 51.6 Å². The minimum atomic E-state index is -1.02. The first-order chi connectivity index (χ1) is 9.51. The van der Waals surface area contributed by atoms with Crippen molar-refractivity contribution in [1.29, 1.82) is 0 Å². The minimum absolute atomic E-state index is 0.0735. The molecule has 6 nitrogen and oxygen atoms in total. The summed E-state index contributed by atoms with van der Waals surface area (Å²) in [7, 11) is 0. The topological polar surface area (TPSA) is 86.7 Å². The number of aliphatic carboxylic acids is 1. The van der Waals surface area contributed by atoms with Crippen molar-refractivity contribution in [3.05, 3.63) is 0 Å². The first kappa shape index (κ1) is 16.8. The number of hydrogen-bond donors (Lipinski definition) is 2. The number of unbranched alkanes of at least 4 members (excludes halogenated alkanes) is 1. The van der Waals surface area contributed by atoms with Crippen LogP contribution in [0.25, 0.3) is 0 Å². The van der Waals surface area contributed by atoms with Crippen molar-refractivity contribution in [2.75, 3.05) is 11.6 Å². The van der Waals surface area contributed by atoms with Gasteiger partial charge in [0.2, 0.25) is 11.8 Å². The highest BCUT2D eigenvalue weighted by atomic mass is 32.2. The van der Waals surface area contributed by atoms with Crippen molar-refractivity contribution in [3.63, 3.8) is 0 Å². The molecule has 0 spiro atoms. The molecule has 2 amide bonds. The number of carboxylic acid groups (broad SMARTS) is 1. The molecule has 0 radical (unpaired) electrons. The molecular formula is C13H22N2O4S. The Kier molecular flexibility index (Phi) is 6.84. The van der Waals surface area contributed by atoms with Crippen LogP contribution < -0.4 is 5.32 Å². The summed E-state index contributed by atoms with van der Waals surface area (Å²) in [5.74, 6) is -0.434. The van der Waals surface area contributed by atoms with Gasteiger partial charge in [-0.2, -0.15) is 0 Å². The number of carbonyl (C=O) groups is 3. The smallest absolute Gasteiger partial charge is 0.326 e. The second-order valence-corrected chi connectivity index (χ2v) is 5.77. The fraction of sp³-hybridized carbons (Fsp3) is 0.769. The molecule has 0 aliphatic carbocycles. The molecule has 2 atom stereocenters. The molecule has 0 aromatic rings. The zero-order chi connectivity index (χ0) is 15.1. The van der Waals surface area contributed by atoms with Gasteiger partial charge < -0.3 is 15.3 Å². The second-order valence-electron chi connectivity index (χ2n) is 4.77. The van der Waals surface area contributed by atoms with E-state index in [0.29, 0.717) is 24.5 Å². The summed E-state index contributed by atoms with van der Waals surface area (Å²) >= 11 is 1.51. The Bertz CT molecular complexity index is 375. The van der Waals surface area contributed by atoms with E-state index in [-0.39, 0.29) is 11.8 Å². The van der Waals surface area contributed by atoms with Crippen LogP contribution >= 0.6 is 11.8 Å². The summed E-state index contributed by atoms with van der Waals surface area (Å²) in [5, 5.41) is 11.7. The monoisotopic (exact) mass is 302 g/mol. The van der Waals surface area contributed by atoms with Crippen molar-refractivity contribution < 1.29 is 19.5 Å². The third-order valence-electron chi connectivity index (χ3n) is 3.27. The lowest BCUT2D eigenvalue weighted by atomic mass is 10.1. The van der Waals surface area contributed by atoms with Crippen LogP contribution in [0.4, 0.5) is 0 Å². The van der Waals surface area contributed by atoms with E-state index in [9.17, 15) is 14.4 Å². The molecule has 1 aliphatic heterocycles. The van der Waals surface area contributed by atoms with E-state index in [1.54, 1.807) is 6.92 Å². The molecular weight excluding hydrogens is 280 g/mol. The van der Waals surface area contributed by atoms with E-state index >= 15 is 0 Å². The number of thioether (sulfide) groups is 1. The predicted molar refractivity (Wildman–Crippen MR) is 77.3 cm³/mol. The van der Waals surface area contributed by atoms with E-state index in [1.807, 2.05) is 6.92 Å². The van der Waals surface area contributed by atoms with Crippen LogP contribution in [-0.4, -0.2) is 51.5 Å². The molecule has 7 heteroatoms. The summed E-state index contributed by atoms with van der Waals surface area (Å²) in [5.41, 5.74) is 0. The average molecular weight is 302 g/mol. The molecule has 0 saturated carbocycles. The Morgan fingerprint density at radius 1 is 1.40 bits per heavy atom. The van der Waals surface area contributed by atoms with Crippen LogP contribution in [0.3, 0.4) is 0 Å². The van der Waals surface area contributed by atoms with Gasteiger partial charge in [0.25, 0.3) is 0 Å². The summed E-state index contributed by atoms with van der Waals surface area (Å²) < 4.78 is 0. The molecule has 1 heterocycles. The lowest BCUT2D eigenvalue weighted by Gasteiger charge is -2.24. The molecule has 114 valence electrons. The van der Waals surface area contributed by atoms with Crippen LogP contribution in [0, 0.1) is 0 Å². The minimum Gasteiger partial charge on any atom is -0.480 e. The van der Waals surface area contributed by atoms with Crippen LogP contribution in [0.2, 0.25) is 0 Å². The van der Waals surface area contributed by atoms with Crippen molar-refractivity contribution >= 4 is 29.5 Å². The first-order valence-electron chi connectivity index (χ1n) is 6.91. The van der Waals surface area contributed by atoms with E-state index in [2.05, 4.69) is 5.32 Å². The zero-order valence-electron chi connectivity index (χ0n) is 11.9. The van der Waals surface area contributed by atoms with Crippen molar-refractivity contribution in [3.8, 4) is 0 Å². The van der Waals surface area contributed by atoms with E-state index < -0.39 is 18.1 Å². The maximum Gasteiger partial charge on any atom is 0.326 e. The molecule has 2 N–H and O–H groups in total. The highest BCUT2D eigenvalue weighted by Gasteiger charge is 2.35. The SMILES string of the molecule is CCCCC(NC(=O)C1CSCN1C(=O)CC)C(=O)O. The fourth-order valence-corrected chi connectivity index (χ4v) is 3.22. The number of rotatable bonds is 7. The Morgan fingerprint density at radius 2 is 2.10 bits per heavy atom. The van der Waals surface area contributed by atoms with E-state index in [0.717, 1.165) is 12.8 Å². The van der Waals surface area contributed by atoms with Gasteiger partial charge >= 0.3 is 5.97 Å². The molecule has 2 unspecified atom stereocenters. The van der Waals surface area contributed by atoms with Crippen LogP contribution in [-0.2, 0) is 14.4 Å². The van der Waals surface area contributed by atoms with Gasteiger partial charge in [-0.05, 0) is 6.42 Å². The summed E-state index contributed by atoms with van der Waals surface area (Å²) in [6, 6.07) is -1.41. The molecule has 1 saturated heterocycles. The van der Waals surface area contributed by atoms with Gasteiger partial charge in [0.1, 0.15) is 12.1 Å². The van der Waals surface area contributed by atoms with Gasteiger partial charge in [-0.1, -0.05) is 26.7 Å². The van der Waals surface area contributed by atoms with Crippen LogP contribution in [0.5, 0.6) is 0 Å². The standard InChI is InChI=1S/C13H22N2O4S/c1-3-5-6-9(13(18)19)14-12(17)10-7-20-8-15(10)11(16)4-2/h9-10H,3-8H2,1-2H3,(H,14,17)(H,18,19). The van der Waals surface area contributed by atoms with E-state index in [1.165, 1.54) is 16.7 Å². The number of nitrogens with one attached hydrogen (secondary N) is 1. The van der Waals surface area contributed by atoms with Gasteiger partial charge in [-0.3, -0.25) is 9.59 Å². The quantitative estimate of drug-likeness (QED) is 0.734. The lowest BCUT2D eigenvalue weighted by molar-refractivity contribution is -0.143.